The van der Waals surface area contributed by atoms with Crippen molar-refractivity contribution in [2.45, 2.75) is 25.0 Å². The summed E-state index contributed by atoms with van der Waals surface area (Å²) in [5.74, 6) is -0.0971. The third-order valence-corrected chi connectivity index (χ3v) is 5.56. The summed E-state index contributed by atoms with van der Waals surface area (Å²) in [5, 5.41) is 5.16. The van der Waals surface area contributed by atoms with Crippen molar-refractivity contribution in [2.75, 3.05) is 20.1 Å². The second kappa shape index (κ2) is 7.36. The number of likely N-dealkylation sites (tertiary alicyclic amines) is 1. The first-order valence-electron chi connectivity index (χ1n) is 9.72. The van der Waals surface area contributed by atoms with Gasteiger partial charge in [0.25, 0.3) is 0 Å². The van der Waals surface area contributed by atoms with Gasteiger partial charge in [-0.25, -0.2) is 19.4 Å². The van der Waals surface area contributed by atoms with Crippen molar-refractivity contribution in [3.8, 4) is 0 Å². The maximum absolute atomic E-state index is 13.5. The van der Waals surface area contributed by atoms with E-state index in [1.165, 1.54) is 18.5 Å². The van der Waals surface area contributed by atoms with Gasteiger partial charge in [-0.05, 0) is 37.1 Å². The minimum Gasteiger partial charge on any atom is -0.356 e. The second-order valence-corrected chi connectivity index (χ2v) is 7.48. The van der Waals surface area contributed by atoms with E-state index in [-0.39, 0.29) is 18.0 Å². The van der Waals surface area contributed by atoms with Crippen LogP contribution in [0.1, 0.15) is 30.1 Å². The van der Waals surface area contributed by atoms with Gasteiger partial charge in [0.05, 0.1) is 17.1 Å². The number of fused-ring (bicyclic) bond motifs is 1. The molecule has 1 aromatic carbocycles. The van der Waals surface area contributed by atoms with E-state index in [1.54, 1.807) is 12.3 Å². The molecule has 0 bridgehead atoms. The fourth-order valence-electron chi connectivity index (χ4n) is 4.12. The highest BCUT2D eigenvalue weighted by Gasteiger charge is 2.32. The lowest BCUT2D eigenvalue weighted by molar-refractivity contribution is 0.0693. The van der Waals surface area contributed by atoms with E-state index >= 15 is 0 Å². The molecule has 8 heteroatoms. The summed E-state index contributed by atoms with van der Waals surface area (Å²) in [6, 6.07) is 6.48. The number of nitrogens with zero attached hydrogens (tertiary/aromatic N) is 6. The molecule has 0 saturated carbocycles. The molecule has 2 unspecified atom stereocenters. The Morgan fingerprint density at radius 3 is 3.03 bits per heavy atom. The maximum atomic E-state index is 13.5. The molecule has 148 valence electrons. The molecule has 2 aliphatic rings. The van der Waals surface area contributed by atoms with Crippen LogP contribution in [-0.2, 0) is 0 Å². The Labute approximate surface area is 167 Å². The lowest BCUT2D eigenvalue weighted by Crippen LogP contribution is -2.49. The molecule has 2 atom stereocenters. The molecule has 2 aromatic heterocycles. The van der Waals surface area contributed by atoms with E-state index in [0.717, 1.165) is 48.4 Å². The van der Waals surface area contributed by atoms with Crippen molar-refractivity contribution >= 4 is 16.7 Å². The van der Waals surface area contributed by atoms with Crippen LogP contribution in [0.25, 0.3) is 11.0 Å². The largest absolute Gasteiger partial charge is 0.356 e. The highest BCUT2D eigenvalue weighted by atomic mass is 19.1. The number of piperidine rings is 1. The van der Waals surface area contributed by atoms with E-state index in [4.69, 9.17) is 9.52 Å². The summed E-state index contributed by atoms with van der Waals surface area (Å²) in [6.07, 6.45) is 9.21. The number of halogens is 1. The number of hydrogen-bond donors (Lipinski definition) is 0. The average molecular weight is 392 g/mol. The molecule has 2 aliphatic heterocycles. The van der Waals surface area contributed by atoms with Crippen LogP contribution >= 0.6 is 0 Å². The van der Waals surface area contributed by atoms with Crippen molar-refractivity contribution in [1.82, 2.24) is 24.9 Å². The molecule has 3 aromatic rings. The van der Waals surface area contributed by atoms with Gasteiger partial charge < -0.3 is 9.42 Å². The Bertz CT molecular complexity index is 1080. The first-order valence-corrected chi connectivity index (χ1v) is 9.72. The standard InChI is InChI=1S/C21H21FN6O/c1-27-10-7-18(17-6-8-23-13-24-17)25-21(27)28-9-2-3-14(12-28)20-16-5-4-15(22)11-19(16)29-26-20/h4-8,10-11,13-14,21H,2-3,9,12H2,1H3. The van der Waals surface area contributed by atoms with Gasteiger partial charge in [0.1, 0.15) is 12.1 Å². The number of hydrogen-bond acceptors (Lipinski definition) is 7. The van der Waals surface area contributed by atoms with Crippen LogP contribution in [0.2, 0.25) is 0 Å². The predicted octanol–water partition coefficient (Wildman–Crippen LogP) is 3.17. The first kappa shape index (κ1) is 17.9. The molecule has 0 radical (unpaired) electrons. The second-order valence-electron chi connectivity index (χ2n) is 7.48. The minimum absolute atomic E-state index is 0.108. The molecule has 0 amide bonds. The quantitative estimate of drug-likeness (QED) is 0.682. The van der Waals surface area contributed by atoms with Crippen LogP contribution in [0, 0.1) is 5.82 Å². The fraction of sp³-hybridized carbons (Fsp3) is 0.333. The Morgan fingerprint density at radius 2 is 2.17 bits per heavy atom. The molecule has 0 N–H and O–H groups in total. The van der Waals surface area contributed by atoms with Crippen LogP contribution in [0.3, 0.4) is 0 Å². The van der Waals surface area contributed by atoms with E-state index in [0.29, 0.717) is 5.58 Å². The molecular weight excluding hydrogens is 371 g/mol. The SMILES string of the molecule is CN1C=CC(c2ccncn2)=NC1N1CCCC(c2noc3cc(F)ccc23)C1. The summed E-state index contributed by atoms with van der Waals surface area (Å²) < 4.78 is 18.9. The number of rotatable bonds is 3. The van der Waals surface area contributed by atoms with Crippen LogP contribution in [-0.4, -0.2) is 57.1 Å². The van der Waals surface area contributed by atoms with Gasteiger partial charge in [-0.3, -0.25) is 4.90 Å². The minimum atomic E-state index is -0.312. The van der Waals surface area contributed by atoms with Crippen molar-refractivity contribution < 1.29 is 8.91 Å². The highest BCUT2D eigenvalue weighted by Crippen LogP contribution is 2.33. The van der Waals surface area contributed by atoms with Gasteiger partial charge in [-0.15, -0.1) is 0 Å². The van der Waals surface area contributed by atoms with Gasteiger partial charge in [-0.1, -0.05) is 5.16 Å². The van der Waals surface area contributed by atoms with E-state index in [2.05, 4.69) is 24.9 Å². The monoisotopic (exact) mass is 392 g/mol. The fourth-order valence-corrected chi connectivity index (χ4v) is 4.12. The Kier molecular flexibility index (Phi) is 4.55. The summed E-state index contributed by atoms with van der Waals surface area (Å²) in [7, 11) is 2.03. The molecule has 5 rings (SSSR count). The number of aromatic nitrogens is 3. The van der Waals surface area contributed by atoms with Crippen molar-refractivity contribution in [3.05, 3.63) is 66.3 Å². The number of aliphatic imine (C=N–C) groups is 1. The van der Waals surface area contributed by atoms with Gasteiger partial charge in [0, 0.05) is 49.9 Å². The summed E-state index contributed by atoms with van der Waals surface area (Å²) in [4.78, 5) is 17.7. The predicted molar refractivity (Wildman–Crippen MR) is 107 cm³/mol. The summed E-state index contributed by atoms with van der Waals surface area (Å²) >= 11 is 0. The smallest absolute Gasteiger partial charge is 0.178 e. The Balaban J connectivity index is 1.41. The lowest BCUT2D eigenvalue weighted by atomic mass is 9.92. The van der Waals surface area contributed by atoms with Gasteiger partial charge in [-0.2, -0.15) is 0 Å². The first-order chi connectivity index (χ1) is 14.2. The third kappa shape index (κ3) is 3.40. The van der Waals surface area contributed by atoms with Crippen molar-refractivity contribution in [1.29, 1.82) is 0 Å². The molecule has 1 saturated heterocycles. The summed E-state index contributed by atoms with van der Waals surface area (Å²) in [6.45, 7) is 1.76. The molecular formula is C21H21FN6O. The Hall–Kier alpha value is -3.13. The average Bonchev–Trinajstić information content (AvgIpc) is 3.18. The van der Waals surface area contributed by atoms with E-state index in [1.807, 2.05) is 25.4 Å². The van der Waals surface area contributed by atoms with E-state index < -0.39 is 0 Å². The topological polar surface area (TPSA) is 70.7 Å². The zero-order valence-electron chi connectivity index (χ0n) is 16.1. The molecule has 0 aliphatic carbocycles. The van der Waals surface area contributed by atoms with Gasteiger partial charge in [0.2, 0.25) is 0 Å². The zero-order chi connectivity index (χ0) is 19.8. The lowest BCUT2D eigenvalue weighted by Gasteiger charge is -2.40. The van der Waals surface area contributed by atoms with Crippen molar-refractivity contribution in [3.63, 3.8) is 0 Å². The van der Waals surface area contributed by atoms with Gasteiger partial charge in [0.15, 0.2) is 11.9 Å². The maximum Gasteiger partial charge on any atom is 0.178 e. The Morgan fingerprint density at radius 1 is 1.24 bits per heavy atom. The zero-order valence-corrected chi connectivity index (χ0v) is 16.1. The van der Waals surface area contributed by atoms with Crippen molar-refractivity contribution in [2.24, 2.45) is 4.99 Å². The molecule has 1 fully saturated rings. The molecule has 0 spiro atoms. The summed E-state index contributed by atoms with van der Waals surface area (Å²) in [5.41, 5.74) is 3.06. The van der Waals surface area contributed by atoms with E-state index in [9.17, 15) is 4.39 Å². The number of allylic oxidation sites excluding steroid dienone is 1. The number of benzene rings is 1. The molecule has 7 nitrogen and oxygen atoms in total. The highest BCUT2D eigenvalue weighted by molar-refractivity contribution is 6.07. The van der Waals surface area contributed by atoms with Gasteiger partial charge >= 0.3 is 0 Å². The third-order valence-electron chi connectivity index (χ3n) is 5.56. The molecule has 29 heavy (non-hydrogen) atoms. The normalized spacial score (nSPS) is 22.8. The van der Waals surface area contributed by atoms with Crippen LogP contribution in [0.4, 0.5) is 4.39 Å². The van der Waals surface area contributed by atoms with Crippen LogP contribution in [0.15, 0.2) is 58.6 Å². The molecule has 4 heterocycles. The van der Waals surface area contributed by atoms with Crippen LogP contribution < -0.4 is 0 Å². The van der Waals surface area contributed by atoms with Crippen LogP contribution in [0.5, 0.6) is 0 Å².